The quantitative estimate of drug-likeness (QED) is 0.162. The van der Waals surface area contributed by atoms with E-state index in [1.807, 2.05) is 77.9 Å². The van der Waals surface area contributed by atoms with E-state index in [-0.39, 0.29) is 0 Å². The lowest BCUT2D eigenvalue weighted by atomic mass is 9.92. The Morgan fingerprint density at radius 2 is 0.525 bits per heavy atom. The zero-order chi connectivity index (χ0) is 46.1. The van der Waals surface area contributed by atoms with E-state index >= 15 is 0 Å². The summed E-state index contributed by atoms with van der Waals surface area (Å²) < 4.78 is 0. The highest BCUT2D eigenvalue weighted by Crippen LogP contribution is 2.29. The van der Waals surface area contributed by atoms with Gasteiger partial charge in [0, 0.05) is 0 Å². The second-order valence-corrected chi connectivity index (χ2v) is 14.0. The number of hydrogen-bond acceptors (Lipinski definition) is 0. The summed E-state index contributed by atoms with van der Waals surface area (Å²) in [7, 11) is 0. The van der Waals surface area contributed by atoms with Crippen LogP contribution in [0.1, 0.15) is 132 Å². The van der Waals surface area contributed by atoms with Crippen LogP contribution in [0.2, 0.25) is 0 Å². The van der Waals surface area contributed by atoms with E-state index in [1.165, 1.54) is 74.0 Å². The van der Waals surface area contributed by atoms with Gasteiger partial charge in [0.1, 0.15) is 0 Å². The number of hydrogen-bond donors (Lipinski definition) is 0. The molecule has 0 radical (unpaired) electrons. The smallest absolute Gasteiger partial charge is 0.00256 e. The minimum atomic E-state index is 0.985. The molecule has 0 N–H and O–H groups in total. The normalized spacial score (nSPS) is 8.84. The van der Waals surface area contributed by atoms with Gasteiger partial charge in [-0.1, -0.05) is 287 Å². The van der Waals surface area contributed by atoms with Crippen LogP contribution in [0.25, 0.3) is 11.1 Å². The summed E-state index contributed by atoms with van der Waals surface area (Å²) in [4.78, 5) is 0. The first-order valence-electron chi connectivity index (χ1n) is 23.0. The van der Waals surface area contributed by atoms with Gasteiger partial charge in [-0.2, -0.15) is 0 Å². The molecule has 0 spiro atoms. The molecule has 0 heteroatoms. The van der Waals surface area contributed by atoms with Gasteiger partial charge in [0.25, 0.3) is 0 Å². The van der Waals surface area contributed by atoms with Crippen molar-refractivity contribution >= 4 is 0 Å². The van der Waals surface area contributed by atoms with Crippen LogP contribution in [-0.4, -0.2) is 0 Å². The maximum Gasteiger partial charge on any atom is -0.00256 e. The van der Waals surface area contributed by atoms with Gasteiger partial charge in [-0.3, -0.25) is 0 Å². The average Bonchev–Trinajstić information content (AvgIpc) is 3.30. The predicted molar refractivity (Wildman–Crippen MR) is 279 cm³/mol. The topological polar surface area (TPSA) is 0 Å². The van der Waals surface area contributed by atoms with Crippen molar-refractivity contribution in [2.75, 3.05) is 0 Å². The van der Waals surface area contributed by atoms with Crippen LogP contribution in [0.15, 0.2) is 188 Å². The average molecular weight is 817 g/mol. The lowest BCUT2D eigenvalue weighted by molar-refractivity contribution is 1.09. The molecule has 61 heavy (non-hydrogen) atoms. The van der Waals surface area contributed by atoms with Crippen molar-refractivity contribution in [2.24, 2.45) is 0 Å². The Kier molecular flexibility index (Phi) is 37.8. The second kappa shape index (κ2) is 40.0. The van der Waals surface area contributed by atoms with Gasteiger partial charge in [-0.05, 0) is 92.0 Å². The monoisotopic (exact) mass is 817 g/mol. The molecule has 0 saturated heterocycles. The van der Waals surface area contributed by atoms with E-state index in [4.69, 9.17) is 0 Å². The summed E-state index contributed by atoms with van der Waals surface area (Å²) in [5.74, 6) is 0. The SMILES string of the molecule is CC.CC.CC.CCC.CCC.Cc1ccc(C)c(-c2cc(Cc3ccccc3)ccc2C)c1.Cc1ccccc1.Cc1ccccc1.c1ccc(Cc2ccccc2)cc1. The fraction of sp³-hybridized carbons (Fsp3) is 0.311. The van der Waals surface area contributed by atoms with Crippen molar-refractivity contribution in [2.45, 2.75) is 130 Å². The van der Waals surface area contributed by atoms with Crippen LogP contribution in [0.4, 0.5) is 0 Å². The first-order valence-corrected chi connectivity index (χ1v) is 23.0. The molecule has 0 atom stereocenters. The molecule has 7 rings (SSSR count). The van der Waals surface area contributed by atoms with Crippen LogP contribution in [0.5, 0.6) is 0 Å². The van der Waals surface area contributed by atoms with Gasteiger partial charge in [-0.15, -0.1) is 0 Å². The van der Waals surface area contributed by atoms with Crippen molar-refractivity contribution < 1.29 is 0 Å². The van der Waals surface area contributed by atoms with E-state index in [9.17, 15) is 0 Å². The molecular formula is C61H84. The summed E-state index contributed by atoms with van der Waals surface area (Å²) in [6.07, 6.45) is 4.51. The summed E-state index contributed by atoms with van der Waals surface area (Å²) >= 11 is 0. The van der Waals surface area contributed by atoms with E-state index < -0.39 is 0 Å². The summed E-state index contributed by atoms with van der Waals surface area (Å²) in [5, 5.41) is 0. The first-order chi connectivity index (χ1) is 29.7. The Hall–Kier alpha value is -5.46. The minimum absolute atomic E-state index is 0.985. The number of aryl methyl sites for hydroxylation is 5. The highest BCUT2D eigenvalue weighted by atomic mass is 14.1. The Balaban J connectivity index is 0. The lowest BCUT2D eigenvalue weighted by Crippen LogP contribution is -1.93. The molecule has 0 aliphatic rings. The van der Waals surface area contributed by atoms with Crippen LogP contribution in [0.3, 0.4) is 0 Å². The highest BCUT2D eigenvalue weighted by Gasteiger charge is 2.07. The molecule has 0 aliphatic heterocycles. The summed E-state index contributed by atoms with van der Waals surface area (Å²) in [5.41, 5.74) is 14.8. The fourth-order valence-electron chi connectivity index (χ4n) is 5.42. The third kappa shape index (κ3) is 28.6. The van der Waals surface area contributed by atoms with Crippen molar-refractivity contribution in [1.82, 2.24) is 0 Å². The van der Waals surface area contributed by atoms with Crippen LogP contribution in [0, 0.1) is 34.6 Å². The maximum atomic E-state index is 2.35. The van der Waals surface area contributed by atoms with E-state index in [0.29, 0.717) is 0 Å². The van der Waals surface area contributed by atoms with Crippen LogP contribution >= 0.6 is 0 Å². The van der Waals surface area contributed by atoms with Gasteiger partial charge in [0.05, 0.1) is 0 Å². The molecule has 0 aliphatic carbocycles. The first kappa shape index (κ1) is 57.6. The molecule has 0 bridgehead atoms. The third-order valence-electron chi connectivity index (χ3n) is 8.21. The predicted octanol–water partition coefficient (Wildman–Crippen LogP) is 19.0. The molecule has 0 saturated carbocycles. The second-order valence-electron chi connectivity index (χ2n) is 14.0. The van der Waals surface area contributed by atoms with E-state index in [1.54, 1.807) is 0 Å². The lowest BCUT2D eigenvalue weighted by Gasteiger charge is -2.13. The minimum Gasteiger partial charge on any atom is -0.0683 e. The number of rotatable bonds is 5. The summed E-state index contributed by atoms with van der Waals surface area (Å²) in [6.45, 7) is 31.2. The fourth-order valence-corrected chi connectivity index (χ4v) is 5.42. The summed E-state index contributed by atoms with van der Waals surface area (Å²) in [6, 6.07) is 65.8. The van der Waals surface area contributed by atoms with E-state index in [2.05, 4.69) is 214 Å². The Bertz CT molecular complexity index is 1870. The van der Waals surface area contributed by atoms with Gasteiger partial charge < -0.3 is 0 Å². The van der Waals surface area contributed by atoms with Crippen molar-refractivity contribution in [3.8, 4) is 11.1 Å². The molecule has 7 aromatic rings. The van der Waals surface area contributed by atoms with Crippen molar-refractivity contribution in [3.05, 3.63) is 238 Å². The Morgan fingerprint density at radius 1 is 0.262 bits per heavy atom. The largest absolute Gasteiger partial charge is 0.0683 e. The molecule has 0 aromatic heterocycles. The molecule has 0 unspecified atom stereocenters. The van der Waals surface area contributed by atoms with Gasteiger partial charge in [0.2, 0.25) is 0 Å². The maximum absolute atomic E-state index is 2.35. The van der Waals surface area contributed by atoms with Crippen molar-refractivity contribution in [3.63, 3.8) is 0 Å². The van der Waals surface area contributed by atoms with Crippen molar-refractivity contribution in [1.29, 1.82) is 0 Å². The van der Waals surface area contributed by atoms with Crippen LogP contribution in [-0.2, 0) is 12.8 Å². The van der Waals surface area contributed by atoms with Gasteiger partial charge in [0.15, 0.2) is 0 Å². The Morgan fingerprint density at radius 3 is 0.820 bits per heavy atom. The third-order valence-corrected chi connectivity index (χ3v) is 8.21. The highest BCUT2D eigenvalue weighted by molar-refractivity contribution is 5.71. The zero-order valence-corrected chi connectivity index (χ0v) is 41.2. The number of benzene rings is 7. The van der Waals surface area contributed by atoms with Gasteiger partial charge >= 0.3 is 0 Å². The van der Waals surface area contributed by atoms with Gasteiger partial charge in [-0.25, -0.2) is 0 Å². The zero-order valence-electron chi connectivity index (χ0n) is 41.2. The standard InChI is InChI=1S/C22H22.C13H12.2C7H8.2C3H8.3C2H6/c1-16-9-10-17(2)21(13-16)22-15-20(12-11-18(22)3)14-19-7-5-4-6-8-19;1-3-7-12(8-4-1)11-13-9-5-2-6-10-13;2*1-7-5-3-2-4-6-7;2*1-3-2;3*1-2/h4-13,15H,14H2,1-3H3;1-10H,11H2;2*2-6H,1H3;2*3H2,1-2H3;3*1-2H3. The molecule has 0 fully saturated rings. The molecular weight excluding hydrogens is 733 g/mol. The van der Waals surface area contributed by atoms with Crippen LogP contribution < -0.4 is 0 Å². The molecule has 0 amide bonds. The Labute approximate surface area is 377 Å². The molecule has 0 heterocycles. The molecule has 0 nitrogen and oxygen atoms in total. The molecule has 7 aromatic carbocycles. The molecule has 328 valence electrons. The van der Waals surface area contributed by atoms with E-state index in [0.717, 1.165) is 12.8 Å².